The summed E-state index contributed by atoms with van der Waals surface area (Å²) in [6, 6.07) is 13.2. The van der Waals surface area contributed by atoms with Crippen molar-refractivity contribution in [2.75, 3.05) is 44.2 Å². The van der Waals surface area contributed by atoms with E-state index < -0.39 is 17.4 Å². The van der Waals surface area contributed by atoms with Crippen LogP contribution in [0, 0.1) is 5.41 Å². The first-order valence-electron chi connectivity index (χ1n) is 14.0. The predicted molar refractivity (Wildman–Crippen MR) is 144 cm³/mol. The van der Waals surface area contributed by atoms with Crippen molar-refractivity contribution in [3.63, 3.8) is 0 Å². The van der Waals surface area contributed by atoms with Crippen LogP contribution in [0.5, 0.6) is 0 Å². The van der Waals surface area contributed by atoms with Gasteiger partial charge in [-0.2, -0.15) is 0 Å². The van der Waals surface area contributed by atoms with Gasteiger partial charge >= 0.3 is 0 Å². The molecule has 1 saturated heterocycles. The van der Waals surface area contributed by atoms with E-state index >= 15 is 0 Å². The highest BCUT2D eigenvalue weighted by Gasteiger charge is 2.70. The maximum Gasteiger partial charge on any atom is 0.256 e. The van der Waals surface area contributed by atoms with E-state index in [-0.39, 0.29) is 30.8 Å². The average molecular weight is 539 g/mol. The highest BCUT2D eigenvalue weighted by atomic mass is 19.3. The van der Waals surface area contributed by atoms with Crippen molar-refractivity contribution in [3.05, 3.63) is 64.7 Å². The molecule has 9 heteroatoms. The zero-order chi connectivity index (χ0) is 27.4. The summed E-state index contributed by atoms with van der Waals surface area (Å²) < 4.78 is 27.6. The van der Waals surface area contributed by atoms with Crippen LogP contribution in [0.25, 0.3) is 0 Å². The van der Waals surface area contributed by atoms with Gasteiger partial charge in [-0.3, -0.25) is 9.59 Å². The van der Waals surface area contributed by atoms with Gasteiger partial charge in [-0.15, -0.1) is 0 Å². The Hall–Kier alpha value is -3.04. The summed E-state index contributed by atoms with van der Waals surface area (Å²) in [7, 11) is 0. The minimum atomic E-state index is -2.59. The molecule has 2 atom stereocenters. The number of piperidine rings is 1. The van der Waals surface area contributed by atoms with Crippen molar-refractivity contribution in [2.45, 2.75) is 57.2 Å². The number of carbonyl (C=O) groups excluding carboxylic acids is 2. The standard InChI is InChI=1S/C30H36F2N4O3/c1-2-34-13-14-36(18-26(37)24-15-20-5-3-4-6-22(20)17-33-24)28(39)23-8-7-21(16-25(23)34)27(38)35-11-9-29(10-12-35)19-30(29,31)32/h3-8,16,24,26,33,37H,2,9-15,17-19H2,1H3. The van der Waals surface area contributed by atoms with Crippen LogP contribution in [-0.2, 0) is 13.0 Å². The first-order valence-corrected chi connectivity index (χ1v) is 14.0. The fourth-order valence-corrected chi connectivity index (χ4v) is 6.59. The lowest BCUT2D eigenvalue weighted by Gasteiger charge is -2.33. The number of nitrogens with zero attached hydrogens (tertiary/aromatic N) is 3. The highest BCUT2D eigenvalue weighted by Crippen LogP contribution is 2.65. The molecule has 1 spiro atoms. The number of anilines is 1. The molecule has 2 fully saturated rings. The van der Waals surface area contributed by atoms with E-state index in [1.54, 1.807) is 28.0 Å². The molecule has 2 unspecified atom stereocenters. The van der Waals surface area contributed by atoms with E-state index in [2.05, 4.69) is 22.3 Å². The lowest BCUT2D eigenvalue weighted by Crippen LogP contribution is -2.50. The van der Waals surface area contributed by atoms with Crippen LogP contribution in [-0.4, -0.2) is 84.1 Å². The number of carbonyl (C=O) groups is 2. The summed E-state index contributed by atoms with van der Waals surface area (Å²) >= 11 is 0. The first-order chi connectivity index (χ1) is 18.7. The number of likely N-dealkylation sites (tertiary alicyclic amines) is 1. The third kappa shape index (κ3) is 4.69. The van der Waals surface area contributed by atoms with Crippen LogP contribution in [0.1, 0.15) is 58.0 Å². The van der Waals surface area contributed by atoms with Gasteiger partial charge in [0.1, 0.15) is 0 Å². The lowest BCUT2D eigenvalue weighted by molar-refractivity contribution is 0.0284. The Labute approximate surface area is 227 Å². The van der Waals surface area contributed by atoms with Crippen LogP contribution in [0.2, 0.25) is 0 Å². The second-order valence-corrected chi connectivity index (χ2v) is 11.5. The number of alkyl halides is 2. The molecule has 4 aliphatic rings. The van der Waals surface area contributed by atoms with Crippen LogP contribution in [0.3, 0.4) is 0 Å². The Morgan fingerprint density at radius 3 is 2.46 bits per heavy atom. The molecule has 2 amide bonds. The largest absolute Gasteiger partial charge is 0.390 e. The second-order valence-electron chi connectivity index (χ2n) is 11.5. The molecule has 39 heavy (non-hydrogen) atoms. The number of fused-ring (bicyclic) bond motifs is 2. The van der Waals surface area contributed by atoms with E-state index in [4.69, 9.17) is 0 Å². The van der Waals surface area contributed by atoms with E-state index in [0.29, 0.717) is 75.3 Å². The van der Waals surface area contributed by atoms with Crippen molar-refractivity contribution >= 4 is 17.5 Å². The normalized spacial score (nSPS) is 24.2. The summed E-state index contributed by atoms with van der Waals surface area (Å²) in [5, 5.41) is 14.5. The number of benzene rings is 2. The molecular weight excluding hydrogens is 502 g/mol. The molecule has 0 aromatic heterocycles. The second kappa shape index (κ2) is 9.86. The molecule has 0 bridgehead atoms. The van der Waals surface area contributed by atoms with Crippen LogP contribution in [0.15, 0.2) is 42.5 Å². The van der Waals surface area contributed by atoms with Gasteiger partial charge in [-0.25, -0.2) is 8.78 Å². The van der Waals surface area contributed by atoms with Crippen molar-refractivity contribution in [3.8, 4) is 0 Å². The molecule has 208 valence electrons. The van der Waals surface area contributed by atoms with E-state index in [1.165, 1.54) is 11.1 Å². The third-order valence-corrected chi connectivity index (χ3v) is 9.33. The van der Waals surface area contributed by atoms with Crippen molar-refractivity contribution in [1.82, 2.24) is 15.1 Å². The predicted octanol–water partition coefficient (Wildman–Crippen LogP) is 3.31. The molecule has 1 aliphatic carbocycles. The summed E-state index contributed by atoms with van der Waals surface area (Å²) in [5.74, 6) is -2.93. The fourth-order valence-electron chi connectivity index (χ4n) is 6.59. The summed E-state index contributed by atoms with van der Waals surface area (Å²) in [4.78, 5) is 32.4. The Morgan fingerprint density at radius 2 is 1.77 bits per heavy atom. The summed E-state index contributed by atoms with van der Waals surface area (Å²) in [6.45, 7) is 5.29. The number of β-amino-alcohol motifs (C(OH)–C–C–N with tert-alkyl or cyclic N) is 1. The Bertz CT molecular complexity index is 1280. The summed E-state index contributed by atoms with van der Waals surface area (Å²) in [6.07, 6.45) is 0.576. The Morgan fingerprint density at radius 1 is 1.08 bits per heavy atom. The van der Waals surface area contributed by atoms with Crippen LogP contribution >= 0.6 is 0 Å². The number of likely N-dealkylation sites (N-methyl/N-ethyl adjacent to an activating group) is 1. The number of rotatable bonds is 5. The number of aliphatic hydroxyl groups excluding tert-OH is 1. The topological polar surface area (TPSA) is 76.1 Å². The minimum Gasteiger partial charge on any atom is -0.390 e. The number of amides is 2. The number of nitrogens with one attached hydrogen (secondary N) is 1. The molecule has 3 heterocycles. The molecule has 7 nitrogen and oxygen atoms in total. The number of hydrogen-bond acceptors (Lipinski definition) is 5. The van der Waals surface area contributed by atoms with Gasteiger partial charge in [0.2, 0.25) is 0 Å². The van der Waals surface area contributed by atoms with Crippen molar-refractivity contribution in [1.29, 1.82) is 0 Å². The van der Waals surface area contributed by atoms with E-state index in [0.717, 1.165) is 0 Å². The molecule has 3 aliphatic heterocycles. The van der Waals surface area contributed by atoms with Crippen LogP contribution < -0.4 is 10.2 Å². The third-order valence-electron chi connectivity index (χ3n) is 9.33. The molecule has 2 aromatic carbocycles. The van der Waals surface area contributed by atoms with Gasteiger partial charge in [0.25, 0.3) is 17.7 Å². The minimum absolute atomic E-state index is 0.0657. The van der Waals surface area contributed by atoms with Crippen molar-refractivity contribution in [2.24, 2.45) is 5.41 Å². The maximum atomic E-state index is 13.8. The number of halogens is 2. The highest BCUT2D eigenvalue weighted by molar-refractivity contribution is 6.03. The smallest absolute Gasteiger partial charge is 0.256 e. The Balaban J connectivity index is 1.16. The average Bonchev–Trinajstić information content (AvgIpc) is 3.53. The van der Waals surface area contributed by atoms with Gasteiger partial charge in [0.15, 0.2) is 0 Å². The van der Waals surface area contributed by atoms with Crippen molar-refractivity contribution < 1.29 is 23.5 Å². The molecule has 6 rings (SSSR count). The molecule has 2 N–H and O–H groups in total. The van der Waals surface area contributed by atoms with Crippen LogP contribution in [0.4, 0.5) is 14.5 Å². The fraction of sp³-hybridized carbons (Fsp3) is 0.533. The molecule has 2 aromatic rings. The first kappa shape index (κ1) is 26.2. The van der Waals surface area contributed by atoms with Gasteiger partial charge in [-0.1, -0.05) is 24.3 Å². The van der Waals surface area contributed by atoms with Gasteiger partial charge in [0, 0.05) is 69.3 Å². The molecular formula is C30H36F2N4O3. The quantitative estimate of drug-likeness (QED) is 0.611. The number of hydrogen-bond donors (Lipinski definition) is 2. The zero-order valence-electron chi connectivity index (χ0n) is 22.3. The monoisotopic (exact) mass is 538 g/mol. The van der Waals surface area contributed by atoms with E-state index in [9.17, 15) is 23.5 Å². The lowest BCUT2D eigenvalue weighted by atomic mass is 9.92. The molecule has 1 saturated carbocycles. The maximum absolute atomic E-state index is 13.8. The summed E-state index contributed by atoms with van der Waals surface area (Å²) in [5.41, 5.74) is 3.23. The number of aliphatic hydroxyl groups is 1. The molecule has 0 radical (unpaired) electrons. The SMILES string of the molecule is CCN1CCN(CC(O)C2Cc3ccccc3CN2)C(=O)c2ccc(C(=O)N3CCC4(CC3)CC4(F)F)cc21. The van der Waals surface area contributed by atoms with E-state index in [1.807, 2.05) is 19.1 Å². The Kier molecular flexibility index (Phi) is 6.62. The zero-order valence-corrected chi connectivity index (χ0v) is 22.3. The van der Waals surface area contributed by atoms with Gasteiger partial charge in [0.05, 0.1) is 17.4 Å². The van der Waals surface area contributed by atoms with Gasteiger partial charge in [-0.05, 0) is 55.5 Å². The van der Waals surface area contributed by atoms with Gasteiger partial charge < -0.3 is 25.1 Å².